The molecule has 136 valence electrons. The van der Waals surface area contributed by atoms with E-state index < -0.39 is 0 Å². The lowest BCUT2D eigenvalue weighted by Crippen LogP contribution is -2.38. The third-order valence-corrected chi connectivity index (χ3v) is 4.80. The molecule has 26 heavy (non-hydrogen) atoms. The molecule has 7 heteroatoms. The molecule has 4 rings (SSSR count). The highest BCUT2D eigenvalue weighted by atomic mass is 35.5. The van der Waals surface area contributed by atoms with Gasteiger partial charge >= 0.3 is 6.03 Å². The van der Waals surface area contributed by atoms with E-state index in [1.807, 2.05) is 19.1 Å². The van der Waals surface area contributed by atoms with E-state index in [0.717, 1.165) is 17.7 Å². The van der Waals surface area contributed by atoms with Crippen molar-refractivity contribution < 1.29 is 19.0 Å². The van der Waals surface area contributed by atoms with Crippen LogP contribution in [0.1, 0.15) is 18.1 Å². The maximum absolute atomic E-state index is 12.7. The van der Waals surface area contributed by atoms with Crippen LogP contribution in [-0.2, 0) is 13.0 Å². The lowest BCUT2D eigenvalue weighted by Gasteiger charge is -2.29. The molecule has 0 spiro atoms. The minimum atomic E-state index is -0.196. The molecule has 0 unspecified atom stereocenters. The monoisotopic (exact) mass is 374 g/mol. The second-order valence-electron chi connectivity index (χ2n) is 6.15. The van der Waals surface area contributed by atoms with Crippen LogP contribution in [0.5, 0.6) is 17.2 Å². The normalized spacial score (nSPS) is 14.8. The van der Waals surface area contributed by atoms with Crippen molar-refractivity contribution >= 4 is 23.3 Å². The molecular weight excluding hydrogens is 356 g/mol. The van der Waals surface area contributed by atoms with Crippen molar-refractivity contribution in [2.24, 2.45) is 0 Å². The summed E-state index contributed by atoms with van der Waals surface area (Å²) in [4.78, 5) is 14.5. The van der Waals surface area contributed by atoms with E-state index in [1.54, 1.807) is 17.0 Å². The van der Waals surface area contributed by atoms with Crippen molar-refractivity contribution in [2.45, 2.75) is 19.9 Å². The fraction of sp³-hybridized carbons (Fsp3) is 0.316. The number of hydrogen-bond donors (Lipinski definition) is 1. The average molecular weight is 375 g/mol. The number of rotatable bonds is 3. The molecule has 0 fully saturated rings. The van der Waals surface area contributed by atoms with Gasteiger partial charge in [-0.2, -0.15) is 0 Å². The number of halogens is 1. The summed E-state index contributed by atoms with van der Waals surface area (Å²) in [6.07, 6.45) is 0.810. The molecule has 2 amide bonds. The molecule has 0 saturated carbocycles. The van der Waals surface area contributed by atoms with Gasteiger partial charge in [-0.15, -0.1) is 0 Å². The molecule has 0 bridgehead atoms. The number of anilines is 1. The molecule has 0 radical (unpaired) electrons. The third-order valence-electron chi connectivity index (χ3n) is 4.49. The van der Waals surface area contributed by atoms with Crippen molar-refractivity contribution in [1.29, 1.82) is 0 Å². The molecule has 2 aromatic carbocycles. The summed E-state index contributed by atoms with van der Waals surface area (Å²) in [7, 11) is 0. The van der Waals surface area contributed by atoms with Crippen LogP contribution in [0.15, 0.2) is 30.3 Å². The standard InChI is InChI=1S/C19H19ClN2O4/c1-2-24-14-4-3-12-5-6-22(10-13(12)7-14)19(23)21-16-9-18-17(8-15(16)20)25-11-26-18/h3-4,7-9H,2,5-6,10-11H2,1H3,(H,21,23). The second kappa shape index (κ2) is 6.96. The summed E-state index contributed by atoms with van der Waals surface area (Å²) in [6, 6.07) is 9.20. The number of ether oxygens (including phenoxy) is 3. The number of benzene rings is 2. The molecule has 0 atom stereocenters. The zero-order valence-corrected chi connectivity index (χ0v) is 15.1. The third kappa shape index (κ3) is 3.24. The summed E-state index contributed by atoms with van der Waals surface area (Å²) >= 11 is 6.24. The van der Waals surface area contributed by atoms with E-state index in [4.69, 9.17) is 25.8 Å². The Bertz CT molecular complexity index is 856. The number of nitrogens with zero attached hydrogens (tertiary/aromatic N) is 1. The predicted molar refractivity (Wildman–Crippen MR) is 98.3 cm³/mol. The summed E-state index contributed by atoms with van der Waals surface area (Å²) in [5.74, 6) is 1.99. The lowest BCUT2D eigenvalue weighted by molar-refractivity contribution is 0.174. The van der Waals surface area contributed by atoms with Gasteiger partial charge < -0.3 is 24.4 Å². The van der Waals surface area contributed by atoms with E-state index in [0.29, 0.717) is 41.9 Å². The Labute approximate surface area is 156 Å². The van der Waals surface area contributed by atoms with Gasteiger partial charge in [0.1, 0.15) is 5.75 Å². The molecule has 2 aromatic rings. The number of nitrogens with one attached hydrogen (secondary N) is 1. The zero-order valence-electron chi connectivity index (χ0n) is 14.4. The van der Waals surface area contributed by atoms with Crippen LogP contribution in [0.4, 0.5) is 10.5 Å². The van der Waals surface area contributed by atoms with E-state index in [-0.39, 0.29) is 12.8 Å². The Morgan fingerprint density at radius 1 is 1.23 bits per heavy atom. The van der Waals surface area contributed by atoms with Crippen molar-refractivity contribution in [3.8, 4) is 17.2 Å². The van der Waals surface area contributed by atoms with Crippen LogP contribution in [-0.4, -0.2) is 30.9 Å². The number of carbonyl (C=O) groups excluding carboxylic acids is 1. The van der Waals surface area contributed by atoms with Gasteiger partial charge in [0.2, 0.25) is 6.79 Å². The molecule has 0 aliphatic carbocycles. The van der Waals surface area contributed by atoms with E-state index in [2.05, 4.69) is 11.4 Å². The van der Waals surface area contributed by atoms with Gasteiger partial charge in [-0.05, 0) is 36.6 Å². The molecule has 1 N–H and O–H groups in total. The van der Waals surface area contributed by atoms with E-state index >= 15 is 0 Å². The highest BCUT2D eigenvalue weighted by molar-refractivity contribution is 6.34. The van der Waals surface area contributed by atoms with Crippen LogP contribution < -0.4 is 19.5 Å². The Balaban J connectivity index is 1.49. The fourth-order valence-electron chi connectivity index (χ4n) is 3.17. The van der Waals surface area contributed by atoms with Crippen LogP contribution in [0, 0.1) is 0 Å². The maximum atomic E-state index is 12.7. The molecule has 0 saturated heterocycles. The van der Waals surface area contributed by atoms with Gasteiger partial charge in [0.15, 0.2) is 11.5 Å². The fourth-order valence-corrected chi connectivity index (χ4v) is 3.37. The lowest BCUT2D eigenvalue weighted by atomic mass is 10.00. The first-order valence-electron chi connectivity index (χ1n) is 8.53. The molecular formula is C19H19ClN2O4. The van der Waals surface area contributed by atoms with E-state index in [1.165, 1.54) is 5.56 Å². The summed E-state index contributed by atoms with van der Waals surface area (Å²) < 4.78 is 16.2. The van der Waals surface area contributed by atoms with Crippen LogP contribution in [0.2, 0.25) is 5.02 Å². The molecule has 6 nitrogen and oxygen atoms in total. The SMILES string of the molecule is CCOc1ccc2c(c1)CN(C(=O)Nc1cc3c(cc1Cl)OCO3)CC2. The quantitative estimate of drug-likeness (QED) is 0.880. The van der Waals surface area contributed by atoms with Crippen molar-refractivity contribution in [3.63, 3.8) is 0 Å². The highest BCUT2D eigenvalue weighted by Gasteiger charge is 2.23. The Morgan fingerprint density at radius 2 is 2.04 bits per heavy atom. The first-order chi connectivity index (χ1) is 12.6. The number of amides is 2. The van der Waals surface area contributed by atoms with Crippen molar-refractivity contribution in [2.75, 3.05) is 25.3 Å². The predicted octanol–water partition coefficient (Wildman–Crippen LogP) is 4.06. The van der Waals surface area contributed by atoms with Crippen LogP contribution >= 0.6 is 11.6 Å². The topological polar surface area (TPSA) is 60.0 Å². The molecule has 2 heterocycles. The number of fused-ring (bicyclic) bond motifs is 2. The summed E-state index contributed by atoms with van der Waals surface area (Å²) in [5.41, 5.74) is 2.86. The van der Waals surface area contributed by atoms with Gasteiger partial charge in [-0.1, -0.05) is 17.7 Å². The van der Waals surface area contributed by atoms with Gasteiger partial charge in [0, 0.05) is 25.2 Å². The average Bonchev–Trinajstić information content (AvgIpc) is 3.08. The highest BCUT2D eigenvalue weighted by Crippen LogP contribution is 2.39. The Morgan fingerprint density at radius 3 is 2.85 bits per heavy atom. The molecule has 2 aliphatic heterocycles. The van der Waals surface area contributed by atoms with Gasteiger partial charge in [0.25, 0.3) is 0 Å². The van der Waals surface area contributed by atoms with Gasteiger partial charge in [0.05, 0.1) is 17.3 Å². The molecule has 2 aliphatic rings. The zero-order chi connectivity index (χ0) is 18.1. The summed E-state index contributed by atoms with van der Waals surface area (Å²) in [5, 5.41) is 3.28. The number of urea groups is 1. The second-order valence-corrected chi connectivity index (χ2v) is 6.56. The van der Waals surface area contributed by atoms with Crippen molar-refractivity contribution in [1.82, 2.24) is 4.90 Å². The van der Waals surface area contributed by atoms with Crippen LogP contribution in [0.3, 0.4) is 0 Å². The van der Waals surface area contributed by atoms with E-state index in [9.17, 15) is 4.79 Å². The Hall–Kier alpha value is -2.60. The number of carbonyl (C=O) groups is 1. The van der Waals surface area contributed by atoms with Crippen LogP contribution in [0.25, 0.3) is 0 Å². The minimum Gasteiger partial charge on any atom is -0.494 e. The maximum Gasteiger partial charge on any atom is 0.322 e. The Kier molecular flexibility index (Phi) is 4.51. The smallest absolute Gasteiger partial charge is 0.322 e. The van der Waals surface area contributed by atoms with Gasteiger partial charge in [-0.3, -0.25) is 0 Å². The van der Waals surface area contributed by atoms with Crippen molar-refractivity contribution in [3.05, 3.63) is 46.5 Å². The minimum absolute atomic E-state index is 0.161. The first-order valence-corrected chi connectivity index (χ1v) is 8.91. The number of hydrogen-bond acceptors (Lipinski definition) is 4. The first kappa shape index (κ1) is 16.8. The summed E-state index contributed by atoms with van der Waals surface area (Å²) in [6.45, 7) is 3.91. The largest absolute Gasteiger partial charge is 0.494 e. The molecule has 0 aromatic heterocycles. The van der Waals surface area contributed by atoms with Gasteiger partial charge in [-0.25, -0.2) is 4.79 Å².